The third kappa shape index (κ3) is 4.29. The van der Waals surface area contributed by atoms with Crippen LogP contribution in [0.2, 0.25) is 5.15 Å². The number of nitrogens with zero attached hydrogens (tertiary/aromatic N) is 6. The molecular formula is C19H20ClFN6O5S. The molecule has 11 nitrogen and oxygen atoms in total. The van der Waals surface area contributed by atoms with Gasteiger partial charge in [0.15, 0.2) is 16.7 Å². The Morgan fingerprint density at radius 2 is 2.03 bits per heavy atom. The molecule has 0 N–H and O–H groups in total. The molecule has 0 aliphatic carbocycles. The molecule has 14 heteroatoms. The van der Waals surface area contributed by atoms with Crippen molar-refractivity contribution in [1.29, 1.82) is 0 Å². The van der Waals surface area contributed by atoms with Crippen LogP contribution in [0.3, 0.4) is 0 Å². The second kappa shape index (κ2) is 8.71. The zero-order valence-corrected chi connectivity index (χ0v) is 19.6. The number of methoxy groups -OCH3 is 1. The average molecular weight is 499 g/mol. The summed E-state index contributed by atoms with van der Waals surface area (Å²) in [5.41, 5.74) is 0.516. The summed E-state index contributed by atoms with van der Waals surface area (Å²) in [4.78, 5) is 25.9. The number of pyridine rings is 1. The number of ether oxygens (including phenoxy) is 2. The monoisotopic (exact) mass is 498 g/mol. The Bertz CT molecular complexity index is 1360. The van der Waals surface area contributed by atoms with Gasteiger partial charge in [0.1, 0.15) is 16.7 Å². The van der Waals surface area contributed by atoms with Gasteiger partial charge in [0.05, 0.1) is 26.0 Å². The number of halogens is 2. The molecule has 3 aromatic heterocycles. The number of aromatic nitrogens is 5. The lowest BCUT2D eigenvalue weighted by molar-refractivity contribution is 0.0518. The van der Waals surface area contributed by atoms with E-state index in [0.29, 0.717) is 25.2 Å². The van der Waals surface area contributed by atoms with Crippen molar-refractivity contribution in [2.75, 3.05) is 31.4 Å². The van der Waals surface area contributed by atoms with Crippen LogP contribution in [0.25, 0.3) is 10.9 Å². The Balaban J connectivity index is 1.90. The molecule has 0 aromatic carbocycles. The van der Waals surface area contributed by atoms with E-state index in [1.165, 1.54) is 7.11 Å². The Labute approximate surface area is 193 Å². The van der Waals surface area contributed by atoms with Crippen molar-refractivity contribution in [3.05, 3.63) is 28.4 Å². The largest absolute Gasteiger partial charge is 0.480 e. The summed E-state index contributed by atoms with van der Waals surface area (Å²) in [5.74, 6) is -1.45. The predicted octanol–water partition coefficient (Wildman–Crippen LogP) is 2.01. The Hall–Kier alpha value is -3.06. The standard InChI is InChI=1S/C19H20ClFN6O5S/c1-4-32-18(28)11-8-10-9-26(6-5-7-27(10)25-11)16-12-14(22-19(24-16)33(3,29)30)13(21)15(20)23-17(12)31-2/h8H,4-7,9H2,1-3H3. The summed E-state index contributed by atoms with van der Waals surface area (Å²) in [7, 11) is -2.56. The summed E-state index contributed by atoms with van der Waals surface area (Å²) in [6.07, 6.45) is 1.52. The molecule has 0 amide bonds. The second-order valence-corrected chi connectivity index (χ2v) is 9.56. The van der Waals surface area contributed by atoms with E-state index in [1.807, 2.05) is 0 Å². The second-order valence-electron chi connectivity index (χ2n) is 7.29. The lowest BCUT2D eigenvalue weighted by Crippen LogP contribution is -2.25. The highest BCUT2D eigenvalue weighted by Gasteiger charge is 2.28. The normalized spacial score (nSPS) is 14.2. The number of anilines is 1. The third-order valence-electron chi connectivity index (χ3n) is 5.00. The van der Waals surface area contributed by atoms with Crippen LogP contribution in [0, 0.1) is 5.82 Å². The molecule has 1 aliphatic heterocycles. The molecule has 0 bridgehead atoms. The van der Waals surface area contributed by atoms with Crippen molar-refractivity contribution in [1.82, 2.24) is 24.7 Å². The van der Waals surface area contributed by atoms with Crippen LogP contribution in [0.4, 0.5) is 10.2 Å². The van der Waals surface area contributed by atoms with Crippen molar-refractivity contribution >= 4 is 44.1 Å². The molecule has 0 spiro atoms. The summed E-state index contributed by atoms with van der Waals surface area (Å²) >= 11 is 5.88. The molecule has 0 atom stereocenters. The lowest BCUT2D eigenvalue weighted by Gasteiger charge is -2.23. The molecule has 0 fully saturated rings. The number of sulfone groups is 1. The maximum absolute atomic E-state index is 14.9. The Morgan fingerprint density at radius 1 is 1.27 bits per heavy atom. The summed E-state index contributed by atoms with van der Waals surface area (Å²) in [6, 6.07) is 1.60. The predicted molar refractivity (Wildman–Crippen MR) is 116 cm³/mol. The first-order chi connectivity index (χ1) is 15.6. The fraction of sp³-hybridized carbons (Fsp3) is 0.421. The van der Waals surface area contributed by atoms with E-state index in [2.05, 4.69) is 20.1 Å². The highest BCUT2D eigenvalue weighted by atomic mass is 35.5. The van der Waals surface area contributed by atoms with Crippen LogP contribution >= 0.6 is 11.6 Å². The van der Waals surface area contributed by atoms with Crippen LogP contribution in [0.15, 0.2) is 11.2 Å². The summed E-state index contributed by atoms with van der Waals surface area (Å²) < 4.78 is 51.4. The highest BCUT2D eigenvalue weighted by Crippen LogP contribution is 2.36. The zero-order chi connectivity index (χ0) is 23.9. The molecule has 4 heterocycles. The van der Waals surface area contributed by atoms with Crippen molar-refractivity contribution in [2.45, 2.75) is 31.6 Å². The SMILES string of the molecule is CCOC(=O)c1cc2n(n1)CCCN(c1nc(S(C)(=O)=O)nc3c(F)c(Cl)nc(OC)c13)C2. The molecular weight excluding hydrogens is 479 g/mol. The maximum Gasteiger partial charge on any atom is 0.358 e. The smallest absolute Gasteiger partial charge is 0.358 e. The van der Waals surface area contributed by atoms with Gasteiger partial charge in [-0.1, -0.05) is 11.6 Å². The number of aryl methyl sites for hydroxylation is 1. The molecule has 4 rings (SSSR count). The highest BCUT2D eigenvalue weighted by molar-refractivity contribution is 7.90. The van der Waals surface area contributed by atoms with Crippen LogP contribution in [0.1, 0.15) is 29.5 Å². The van der Waals surface area contributed by atoms with Crippen molar-refractivity contribution < 1.29 is 27.1 Å². The minimum atomic E-state index is -3.89. The Morgan fingerprint density at radius 3 is 2.70 bits per heavy atom. The van der Waals surface area contributed by atoms with Gasteiger partial charge in [0, 0.05) is 19.3 Å². The third-order valence-corrected chi connectivity index (χ3v) is 6.09. The Kier molecular flexibility index (Phi) is 6.10. The number of hydrogen-bond acceptors (Lipinski definition) is 10. The van der Waals surface area contributed by atoms with E-state index in [-0.39, 0.29) is 41.4 Å². The van der Waals surface area contributed by atoms with E-state index < -0.39 is 31.9 Å². The van der Waals surface area contributed by atoms with Crippen LogP contribution in [0.5, 0.6) is 5.88 Å². The summed E-state index contributed by atoms with van der Waals surface area (Å²) in [5, 5.41) is 3.34. The van der Waals surface area contributed by atoms with Crippen LogP contribution in [-0.2, 0) is 27.7 Å². The van der Waals surface area contributed by atoms with Gasteiger partial charge < -0.3 is 14.4 Å². The van der Waals surface area contributed by atoms with Crippen molar-refractivity contribution in [2.24, 2.45) is 0 Å². The van der Waals surface area contributed by atoms with Crippen molar-refractivity contribution in [3.8, 4) is 5.88 Å². The van der Waals surface area contributed by atoms with Gasteiger partial charge in [0.2, 0.25) is 20.9 Å². The lowest BCUT2D eigenvalue weighted by atomic mass is 10.2. The van der Waals surface area contributed by atoms with Gasteiger partial charge >= 0.3 is 5.97 Å². The maximum atomic E-state index is 14.9. The van der Waals surface area contributed by atoms with Gasteiger partial charge in [-0.15, -0.1) is 0 Å². The quantitative estimate of drug-likeness (QED) is 0.292. The van der Waals surface area contributed by atoms with E-state index >= 15 is 0 Å². The first-order valence-electron chi connectivity index (χ1n) is 9.93. The molecule has 0 saturated heterocycles. The fourth-order valence-electron chi connectivity index (χ4n) is 3.57. The average Bonchev–Trinajstić information content (AvgIpc) is 3.06. The van der Waals surface area contributed by atoms with E-state index in [1.54, 1.807) is 22.6 Å². The molecule has 0 radical (unpaired) electrons. The topological polar surface area (TPSA) is 129 Å². The fourth-order valence-corrected chi connectivity index (χ4v) is 4.24. The van der Waals surface area contributed by atoms with E-state index in [4.69, 9.17) is 21.1 Å². The van der Waals surface area contributed by atoms with Gasteiger partial charge in [-0.25, -0.2) is 27.6 Å². The number of fused-ring (bicyclic) bond motifs is 2. The zero-order valence-electron chi connectivity index (χ0n) is 18.0. The molecule has 176 valence electrons. The van der Waals surface area contributed by atoms with Crippen molar-refractivity contribution in [3.63, 3.8) is 0 Å². The van der Waals surface area contributed by atoms with Gasteiger partial charge in [-0.3, -0.25) is 4.68 Å². The molecule has 0 saturated carbocycles. The number of hydrogen-bond donors (Lipinski definition) is 0. The van der Waals surface area contributed by atoms with Gasteiger partial charge in [0.25, 0.3) is 0 Å². The van der Waals surface area contributed by atoms with Gasteiger partial charge in [-0.05, 0) is 19.4 Å². The molecule has 0 unspecified atom stereocenters. The number of esters is 1. The minimum absolute atomic E-state index is 0.0450. The van der Waals surface area contributed by atoms with E-state index in [9.17, 15) is 17.6 Å². The molecule has 33 heavy (non-hydrogen) atoms. The number of carbonyl (C=O) groups is 1. The number of carbonyl (C=O) groups excluding carboxylic acids is 1. The first kappa shape index (κ1) is 23.1. The minimum Gasteiger partial charge on any atom is -0.480 e. The summed E-state index contributed by atoms with van der Waals surface area (Å²) in [6.45, 7) is 3.06. The number of rotatable bonds is 5. The molecule has 1 aliphatic rings. The van der Waals surface area contributed by atoms with Gasteiger partial charge in [-0.2, -0.15) is 10.1 Å². The van der Waals surface area contributed by atoms with Crippen LogP contribution < -0.4 is 9.64 Å². The first-order valence-corrected chi connectivity index (χ1v) is 12.2. The van der Waals surface area contributed by atoms with E-state index in [0.717, 1.165) is 6.26 Å². The molecule has 3 aromatic rings. The van der Waals surface area contributed by atoms with Crippen LogP contribution in [-0.4, -0.2) is 65.6 Å².